The van der Waals surface area contributed by atoms with Crippen molar-refractivity contribution >= 4 is 11.5 Å². The normalized spacial score (nSPS) is 23.1. The van der Waals surface area contributed by atoms with Crippen molar-refractivity contribution in [3.05, 3.63) is 29.6 Å². The lowest BCUT2D eigenvalue weighted by Gasteiger charge is -2.37. The van der Waals surface area contributed by atoms with Gasteiger partial charge in [0.2, 0.25) is 0 Å². The van der Waals surface area contributed by atoms with Gasteiger partial charge in [0.05, 0.1) is 12.1 Å². The van der Waals surface area contributed by atoms with Gasteiger partial charge in [-0.1, -0.05) is 12.8 Å². The van der Waals surface area contributed by atoms with Gasteiger partial charge in [0, 0.05) is 18.3 Å². The number of anilines is 1. The highest BCUT2D eigenvalue weighted by Crippen LogP contribution is 2.29. The topological polar surface area (TPSA) is 73.3 Å². The predicted octanol–water partition coefficient (Wildman–Crippen LogP) is 1.85. The predicted molar refractivity (Wildman–Crippen MR) is 74.1 cm³/mol. The fourth-order valence-electron chi connectivity index (χ4n) is 2.75. The summed E-state index contributed by atoms with van der Waals surface area (Å²) in [5, 5.41) is 17.6. The lowest BCUT2D eigenvalue weighted by Crippen LogP contribution is -2.44. The van der Waals surface area contributed by atoms with E-state index in [9.17, 15) is 9.50 Å². The molecule has 0 radical (unpaired) electrons. The van der Waals surface area contributed by atoms with Gasteiger partial charge in [-0.25, -0.2) is 4.39 Å². The molecule has 1 fully saturated rings. The number of likely N-dealkylation sites (N-methyl/N-ethyl adjacent to an activating group) is 1. The maximum Gasteiger partial charge on any atom is 0.125 e. The van der Waals surface area contributed by atoms with Gasteiger partial charge < -0.3 is 15.7 Å². The summed E-state index contributed by atoms with van der Waals surface area (Å²) < 4.78 is 13.3. The van der Waals surface area contributed by atoms with E-state index in [2.05, 4.69) is 0 Å². The maximum atomic E-state index is 13.3. The molecular formula is C14H20FN3O. The van der Waals surface area contributed by atoms with Crippen LogP contribution in [0.4, 0.5) is 10.1 Å². The number of hydrogen-bond donors (Lipinski definition) is 3. The first-order valence-corrected chi connectivity index (χ1v) is 6.55. The Bertz CT molecular complexity index is 478. The average molecular weight is 265 g/mol. The molecule has 19 heavy (non-hydrogen) atoms. The molecule has 0 saturated heterocycles. The zero-order valence-electron chi connectivity index (χ0n) is 11.1. The van der Waals surface area contributed by atoms with Gasteiger partial charge in [0.15, 0.2) is 0 Å². The molecule has 0 aliphatic heterocycles. The van der Waals surface area contributed by atoms with E-state index in [0.717, 1.165) is 25.7 Å². The van der Waals surface area contributed by atoms with Crippen molar-refractivity contribution in [2.45, 2.75) is 37.8 Å². The number of nitrogen functional groups attached to an aromatic ring is 1. The number of halogens is 1. The molecule has 2 rings (SSSR count). The van der Waals surface area contributed by atoms with Crippen LogP contribution >= 0.6 is 0 Å². The Kier molecular flexibility index (Phi) is 4.04. The van der Waals surface area contributed by atoms with Crippen LogP contribution in [-0.4, -0.2) is 30.1 Å². The molecule has 1 aliphatic carbocycles. The molecular weight excluding hydrogens is 245 g/mol. The smallest absolute Gasteiger partial charge is 0.125 e. The summed E-state index contributed by atoms with van der Waals surface area (Å²) in [5.41, 5.74) is 6.58. The number of nitrogens with zero attached hydrogens (tertiary/aromatic N) is 1. The van der Waals surface area contributed by atoms with Gasteiger partial charge in [-0.2, -0.15) is 0 Å². The second-order valence-corrected chi connectivity index (χ2v) is 5.11. The van der Waals surface area contributed by atoms with Crippen LogP contribution in [0.2, 0.25) is 0 Å². The fraction of sp³-hybridized carbons (Fsp3) is 0.500. The van der Waals surface area contributed by atoms with E-state index in [4.69, 9.17) is 11.1 Å². The first-order chi connectivity index (χ1) is 9.00. The van der Waals surface area contributed by atoms with Crippen LogP contribution in [0.25, 0.3) is 0 Å². The zero-order chi connectivity index (χ0) is 14.0. The van der Waals surface area contributed by atoms with Crippen molar-refractivity contribution in [1.29, 1.82) is 5.41 Å². The largest absolute Gasteiger partial charge is 0.391 e. The quantitative estimate of drug-likeness (QED) is 0.577. The minimum absolute atomic E-state index is 0.00249. The molecule has 1 aromatic carbocycles. The Morgan fingerprint density at radius 1 is 1.42 bits per heavy atom. The third kappa shape index (κ3) is 2.87. The zero-order valence-corrected chi connectivity index (χ0v) is 11.1. The third-order valence-electron chi connectivity index (χ3n) is 3.82. The summed E-state index contributed by atoms with van der Waals surface area (Å²) in [6.07, 6.45) is 3.40. The van der Waals surface area contributed by atoms with E-state index in [-0.39, 0.29) is 18.0 Å². The molecule has 1 saturated carbocycles. The van der Waals surface area contributed by atoms with Gasteiger partial charge in [0.25, 0.3) is 0 Å². The molecule has 0 bridgehead atoms. The molecule has 1 aliphatic rings. The molecule has 104 valence electrons. The van der Waals surface area contributed by atoms with Gasteiger partial charge in [-0.3, -0.25) is 5.41 Å². The van der Waals surface area contributed by atoms with Crippen LogP contribution in [0.1, 0.15) is 31.2 Å². The third-order valence-corrected chi connectivity index (χ3v) is 3.82. The van der Waals surface area contributed by atoms with Crippen LogP contribution in [0, 0.1) is 11.2 Å². The summed E-state index contributed by atoms with van der Waals surface area (Å²) in [4.78, 5) is 1.92. The van der Waals surface area contributed by atoms with E-state index in [1.54, 1.807) is 6.07 Å². The highest BCUT2D eigenvalue weighted by molar-refractivity contribution is 6.00. The number of hydrogen-bond acceptors (Lipinski definition) is 3. The Labute approximate surface area is 112 Å². The monoisotopic (exact) mass is 265 g/mol. The molecule has 1 aromatic rings. The highest BCUT2D eigenvalue weighted by Gasteiger charge is 2.28. The van der Waals surface area contributed by atoms with Crippen molar-refractivity contribution in [3.8, 4) is 0 Å². The van der Waals surface area contributed by atoms with Crippen LogP contribution in [-0.2, 0) is 0 Å². The molecule has 4 nitrogen and oxygen atoms in total. The fourth-order valence-corrected chi connectivity index (χ4v) is 2.75. The maximum absolute atomic E-state index is 13.3. The van der Waals surface area contributed by atoms with E-state index >= 15 is 0 Å². The summed E-state index contributed by atoms with van der Waals surface area (Å²) in [6, 6.07) is 4.24. The molecule has 0 aromatic heterocycles. The Morgan fingerprint density at radius 2 is 2.11 bits per heavy atom. The van der Waals surface area contributed by atoms with Crippen molar-refractivity contribution in [3.63, 3.8) is 0 Å². The van der Waals surface area contributed by atoms with Gasteiger partial charge >= 0.3 is 0 Å². The minimum Gasteiger partial charge on any atom is -0.391 e. The first kappa shape index (κ1) is 13.8. The van der Waals surface area contributed by atoms with Gasteiger partial charge in [0.1, 0.15) is 11.7 Å². The molecule has 0 heterocycles. The summed E-state index contributed by atoms with van der Waals surface area (Å²) >= 11 is 0. The van der Waals surface area contributed by atoms with Crippen molar-refractivity contribution in [2.75, 3.05) is 11.9 Å². The number of nitrogens with one attached hydrogen (secondary N) is 1. The van der Waals surface area contributed by atoms with Gasteiger partial charge in [-0.15, -0.1) is 0 Å². The number of benzene rings is 1. The number of aliphatic hydroxyl groups is 1. The number of aliphatic hydroxyl groups excluding tert-OH is 1. The second kappa shape index (κ2) is 5.57. The Hall–Kier alpha value is -1.62. The molecule has 2 atom stereocenters. The van der Waals surface area contributed by atoms with Crippen LogP contribution < -0.4 is 10.6 Å². The molecule has 0 amide bonds. The minimum atomic E-state index is -0.411. The number of amidine groups is 1. The Morgan fingerprint density at radius 3 is 2.74 bits per heavy atom. The summed E-state index contributed by atoms with van der Waals surface area (Å²) in [7, 11) is 1.86. The summed E-state index contributed by atoms with van der Waals surface area (Å²) in [5.74, 6) is -0.571. The van der Waals surface area contributed by atoms with Crippen molar-refractivity contribution in [1.82, 2.24) is 0 Å². The van der Waals surface area contributed by atoms with E-state index in [1.807, 2.05) is 11.9 Å². The average Bonchev–Trinajstić information content (AvgIpc) is 2.38. The molecule has 4 N–H and O–H groups in total. The lowest BCUT2D eigenvalue weighted by molar-refractivity contribution is 0.106. The van der Waals surface area contributed by atoms with E-state index < -0.39 is 5.82 Å². The van der Waals surface area contributed by atoms with Gasteiger partial charge in [-0.05, 0) is 31.0 Å². The number of nitrogens with two attached hydrogens (primary N) is 1. The van der Waals surface area contributed by atoms with Crippen LogP contribution in [0.5, 0.6) is 0 Å². The van der Waals surface area contributed by atoms with E-state index in [0.29, 0.717) is 11.3 Å². The Balaban J connectivity index is 2.32. The first-order valence-electron chi connectivity index (χ1n) is 6.55. The molecule has 5 heteroatoms. The summed E-state index contributed by atoms with van der Waals surface area (Å²) in [6.45, 7) is 0. The highest BCUT2D eigenvalue weighted by atomic mass is 19.1. The van der Waals surface area contributed by atoms with Crippen molar-refractivity contribution < 1.29 is 9.50 Å². The molecule has 2 unspecified atom stereocenters. The van der Waals surface area contributed by atoms with Crippen LogP contribution in [0.3, 0.4) is 0 Å². The molecule has 0 spiro atoms. The van der Waals surface area contributed by atoms with Crippen molar-refractivity contribution in [2.24, 2.45) is 5.73 Å². The SMILES string of the molecule is CN(c1ccc(F)cc1C(=N)N)C1CCCCC1O. The lowest BCUT2D eigenvalue weighted by atomic mass is 9.91. The standard InChI is InChI=1S/C14H20FN3O/c1-18(12-4-2-3-5-13(12)19)11-7-6-9(15)8-10(11)14(16)17/h6-8,12-13,19H,2-5H2,1H3,(H3,16,17). The number of rotatable bonds is 3. The van der Waals surface area contributed by atoms with E-state index in [1.165, 1.54) is 12.1 Å². The van der Waals surface area contributed by atoms with Crippen LogP contribution in [0.15, 0.2) is 18.2 Å². The second-order valence-electron chi connectivity index (χ2n) is 5.11.